The number of ether oxygens (including phenoxy) is 2. The van der Waals surface area contributed by atoms with E-state index in [1.807, 2.05) is 25.1 Å². The van der Waals surface area contributed by atoms with Gasteiger partial charge in [-0.05, 0) is 48.9 Å². The zero-order valence-electron chi connectivity index (χ0n) is 17.2. The third kappa shape index (κ3) is 5.24. The number of benzene rings is 2. The Morgan fingerprint density at radius 2 is 1.94 bits per heavy atom. The number of anilines is 1. The van der Waals surface area contributed by atoms with Gasteiger partial charge < -0.3 is 19.8 Å². The Morgan fingerprint density at radius 3 is 2.58 bits per heavy atom. The van der Waals surface area contributed by atoms with Gasteiger partial charge in [0.2, 0.25) is 5.91 Å². The maximum Gasteiger partial charge on any atom is 0.270 e. The number of carbonyl (C=O) groups is 1. The van der Waals surface area contributed by atoms with Crippen LogP contribution in [0, 0.1) is 18.3 Å². The summed E-state index contributed by atoms with van der Waals surface area (Å²) < 4.78 is 10.4. The van der Waals surface area contributed by atoms with E-state index in [2.05, 4.69) is 15.3 Å². The fourth-order valence-corrected chi connectivity index (χ4v) is 3.48. The summed E-state index contributed by atoms with van der Waals surface area (Å²) in [6.07, 6.45) is 0. The number of thioether (sulfide) groups is 1. The van der Waals surface area contributed by atoms with Gasteiger partial charge in [0.1, 0.15) is 23.1 Å². The van der Waals surface area contributed by atoms with Crippen LogP contribution >= 0.6 is 11.8 Å². The lowest BCUT2D eigenvalue weighted by molar-refractivity contribution is -0.113. The van der Waals surface area contributed by atoms with E-state index in [1.54, 1.807) is 37.4 Å². The molecule has 3 rings (SSSR count). The van der Waals surface area contributed by atoms with E-state index in [9.17, 15) is 14.9 Å². The monoisotopic (exact) mass is 436 g/mol. The molecule has 9 heteroatoms. The van der Waals surface area contributed by atoms with Gasteiger partial charge in [-0.1, -0.05) is 17.8 Å². The van der Waals surface area contributed by atoms with Gasteiger partial charge in [-0.2, -0.15) is 5.26 Å². The molecule has 0 aliphatic heterocycles. The van der Waals surface area contributed by atoms with Crippen molar-refractivity contribution in [1.82, 2.24) is 9.97 Å². The second-order valence-corrected chi connectivity index (χ2v) is 7.44. The molecule has 0 bridgehead atoms. The van der Waals surface area contributed by atoms with E-state index in [-0.39, 0.29) is 28.1 Å². The van der Waals surface area contributed by atoms with Gasteiger partial charge >= 0.3 is 0 Å². The van der Waals surface area contributed by atoms with Crippen molar-refractivity contribution < 1.29 is 14.3 Å². The van der Waals surface area contributed by atoms with Gasteiger partial charge in [0.25, 0.3) is 5.56 Å². The number of aromatic amines is 1. The van der Waals surface area contributed by atoms with Gasteiger partial charge in [0.05, 0.1) is 31.4 Å². The molecule has 8 nitrogen and oxygen atoms in total. The second-order valence-electron chi connectivity index (χ2n) is 6.48. The number of aromatic nitrogens is 2. The average molecular weight is 436 g/mol. The number of methoxy groups -OCH3 is 2. The Morgan fingerprint density at radius 1 is 1.19 bits per heavy atom. The number of aryl methyl sites for hydroxylation is 1. The van der Waals surface area contributed by atoms with Crippen molar-refractivity contribution in [1.29, 1.82) is 5.26 Å². The molecule has 0 saturated carbocycles. The highest BCUT2D eigenvalue weighted by molar-refractivity contribution is 7.99. The summed E-state index contributed by atoms with van der Waals surface area (Å²) in [4.78, 5) is 31.7. The summed E-state index contributed by atoms with van der Waals surface area (Å²) in [6, 6.07) is 14.2. The Balaban J connectivity index is 1.80. The van der Waals surface area contributed by atoms with Crippen molar-refractivity contribution in [3.8, 4) is 28.8 Å². The summed E-state index contributed by atoms with van der Waals surface area (Å²) in [7, 11) is 3.08. The maximum absolute atomic E-state index is 12.4. The molecule has 2 N–H and O–H groups in total. The van der Waals surface area contributed by atoms with Crippen LogP contribution in [0.15, 0.2) is 52.4 Å². The third-order valence-electron chi connectivity index (χ3n) is 4.34. The van der Waals surface area contributed by atoms with Crippen LogP contribution in [0.1, 0.15) is 11.1 Å². The van der Waals surface area contributed by atoms with Crippen LogP contribution in [0.5, 0.6) is 11.5 Å². The first kappa shape index (κ1) is 21.9. The molecule has 1 aromatic heterocycles. The largest absolute Gasteiger partial charge is 0.497 e. The quantitative estimate of drug-likeness (QED) is 0.431. The van der Waals surface area contributed by atoms with Gasteiger partial charge in [-0.15, -0.1) is 0 Å². The SMILES string of the molecule is COc1ccc(-c2nc(SCC(=O)Nc3cc(C)ccc3OC)[nH]c(=O)c2C#N)cc1. The molecule has 0 unspecified atom stereocenters. The molecule has 3 aromatic rings. The van der Waals surface area contributed by atoms with Gasteiger partial charge in [0.15, 0.2) is 5.16 Å². The smallest absolute Gasteiger partial charge is 0.270 e. The normalized spacial score (nSPS) is 10.3. The Hall–Kier alpha value is -3.77. The Labute approximate surface area is 183 Å². The highest BCUT2D eigenvalue weighted by Crippen LogP contribution is 2.27. The van der Waals surface area contributed by atoms with Crippen molar-refractivity contribution in [3.05, 3.63) is 63.9 Å². The van der Waals surface area contributed by atoms with E-state index in [0.29, 0.717) is 22.7 Å². The first-order chi connectivity index (χ1) is 14.9. The predicted molar refractivity (Wildman–Crippen MR) is 119 cm³/mol. The van der Waals surface area contributed by atoms with E-state index >= 15 is 0 Å². The molecule has 1 heterocycles. The molecule has 0 atom stereocenters. The van der Waals surface area contributed by atoms with E-state index < -0.39 is 5.56 Å². The fourth-order valence-electron chi connectivity index (χ4n) is 2.82. The minimum absolute atomic E-state index is 0.00793. The number of nitrogens with one attached hydrogen (secondary N) is 2. The van der Waals surface area contributed by atoms with Crippen molar-refractivity contribution in [3.63, 3.8) is 0 Å². The zero-order chi connectivity index (χ0) is 22.4. The number of H-pyrrole nitrogens is 1. The molecule has 0 spiro atoms. The molecule has 0 radical (unpaired) electrons. The number of amides is 1. The zero-order valence-corrected chi connectivity index (χ0v) is 18.0. The van der Waals surface area contributed by atoms with Crippen LogP contribution in [0.25, 0.3) is 11.3 Å². The summed E-state index contributed by atoms with van der Waals surface area (Å²) in [5.74, 6) is 0.918. The molecule has 0 aliphatic carbocycles. The van der Waals surface area contributed by atoms with Crippen LogP contribution in [0.4, 0.5) is 5.69 Å². The number of rotatable bonds is 7. The molecular formula is C22H20N4O4S. The number of nitrogens with zero attached hydrogens (tertiary/aromatic N) is 2. The molecule has 0 aliphatic rings. The molecule has 0 fully saturated rings. The topological polar surface area (TPSA) is 117 Å². The molecule has 31 heavy (non-hydrogen) atoms. The highest BCUT2D eigenvalue weighted by atomic mass is 32.2. The maximum atomic E-state index is 12.4. The molecule has 2 aromatic carbocycles. The number of nitriles is 1. The standard InChI is InChI=1S/C22H20N4O4S/c1-13-4-9-18(30-3)17(10-13)24-19(27)12-31-22-25-20(16(11-23)21(28)26-22)14-5-7-15(29-2)8-6-14/h4-10H,12H2,1-3H3,(H,24,27)(H,25,26,28). The minimum Gasteiger partial charge on any atom is -0.497 e. The summed E-state index contributed by atoms with van der Waals surface area (Å²) in [5, 5.41) is 12.4. The lowest BCUT2D eigenvalue weighted by atomic mass is 10.1. The van der Waals surface area contributed by atoms with Gasteiger partial charge in [-0.25, -0.2) is 4.98 Å². The fraction of sp³-hybridized carbons (Fsp3) is 0.182. The van der Waals surface area contributed by atoms with Crippen molar-refractivity contribution in [2.75, 3.05) is 25.3 Å². The average Bonchev–Trinajstić information content (AvgIpc) is 2.77. The van der Waals surface area contributed by atoms with Crippen molar-refractivity contribution in [2.24, 2.45) is 0 Å². The first-order valence-electron chi connectivity index (χ1n) is 9.21. The Bertz CT molecular complexity index is 1200. The number of hydrogen-bond acceptors (Lipinski definition) is 7. The molecule has 158 valence electrons. The summed E-state index contributed by atoms with van der Waals surface area (Å²) in [5.41, 5.74) is 1.73. The predicted octanol–water partition coefficient (Wildman–Crippen LogP) is 3.37. The lowest BCUT2D eigenvalue weighted by Crippen LogP contribution is -2.17. The highest BCUT2D eigenvalue weighted by Gasteiger charge is 2.15. The third-order valence-corrected chi connectivity index (χ3v) is 5.22. The van der Waals surface area contributed by atoms with E-state index in [1.165, 1.54) is 7.11 Å². The van der Waals surface area contributed by atoms with E-state index in [0.717, 1.165) is 17.3 Å². The number of carbonyl (C=O) groups excluding carboxylic acids is 1. The van der Waals surface area contributed by atoms with Crippen LogP contribution in [-0.2, 0) is 4.79 Å². The summed E-state index contributed by atoms with van der Waals surface area (Å²) >= 11 is 1.06. The van der Waals surface area contributed by atoms with Gasteiger partial charge in [-0.3, -0.25) is 9.59 Å². The first-order valence-corrected chi connectivity index (χ1v) is 10.2. The van der Waals surface area contributed by atoms with Gasteiger partial charge in [0, 0.05) is 5.56 Å². The molecule has 1 amide bonds. The molecular weight excluding hydrogens is 416 g/mol. The van der Waals surface area contributed by atoms with Crippen LogP contribution in [0.3, 0.4) is 0 Å². The van der Waals surface area contributed by atoms with E-state index in [4.69, 9.17) is 9.47 Å². The second kappa shape index (κ2) is 9.82. The van der Waals surface area contributed by atoms with Crippen LogP contribution < -0.4 is 20.3 Å². The van der Waals surface area contributed by atoms with Crippen molar-refractivity contribution in [2.45, 2.75) is 12.1 Å². The lowest BCUT2D eigenvalue weighted by Gasteiger charge is -2.11. The number of hydrogen-bond donors (Lipinski definition) is 2. The minimum atomic E-state index is -0.563. The van der Waals surface area contributed by atoms with Crippen LogP contribution in [0.2, 0.25) is 0 Å². The Kier molecular flexibility index (Phi) is 6.95. The molecule has 0 saturated heterocycles. The summed E-state index contributed by atoms with van der Waals surface area (Å²) in [6.45, 7) is 1.91. The van der Waals surface area contributed by atoms with Crippen molar-refractivity contribution >= 4 is 23.4 Å². The van der Waals surface area contributed by atoms with Crippen LogP contribution in [-0.4, -0.2) is 35.8 Å².